The molecule has 16 heavy (non-hydrogen) atoms. The fourth-order valence-electron chi connectivity index (χ4n) is 1.17. The Morgan fingerprint density at radius 2 is 2.25 bits per heavy atom. The lowest BCUT2D eigenvalue weighted by Gasteiger charge is -2.09. The second-order valence-electron chi connectivity index (χ2n) is 3.38. The zero-order valence-corrected chi connectivity index (χ0v) is 9.44. The smallest absolute Gasteiger partial charge is 0.251 e. The average molecular weight is 244 g/mol. The topological polar surface area (TPSA) is 69.6 Å². The van der Waals surface area contributed by atoms with E-state index in [2.05, 4.69) is 5.32 Å². The van der Waals surface area contributed by atoms with Gasteiger partial charge in [0.25, 0.3) is 5.91 Å². The van der Waals surface area contributed by atoms with Crippen molar-refractivity contribution in [1.82, 2.24) is 5.32 Å². The van der Waals surface area contributed by atoms with Gasteiger partial charge in [0.15, 0.2) is 0 Å². The Hall–Kier alpha value is -1.10. The fourth-order valence-corrected chi connectivity index (χ4v) is 1.34. The minimum atomic E-state index is -0.930. The summed E-state index contributed by atoms with van der Waals surface area (Å²) in [5, 5.41) is 20.2. The minimum absolute atomic E-state index is 0.0282. The van der Waals surface area contributed by atoms with Crippen LogP contribution in [-0.2, 0) is 5.88 Å². The highest BCUT2D eigenvalue weighted by atomic mass is 35.5. The number of aliphatic hydroxyl groups is 2. The van der Waals surface area contributed by atoms with Crippen LogP contribution in [0.1, 0.15) is 15.9 Å². The van der Waals surface area contributed by atoms with Crippen LogP contribution in [0.4, 0.5) is 0 Å². The fraction of sp³-hybridized carbons (Fsp3) is 0.364. The Kier molecular flexibility index (Phi) is 5.25. The number of alkyl halides is 1. The molecule has 1 aromatic rings. The van der Waals surface area contributed by atoms with Crippen LogP contribution in [0.15, 0.2) is 24.3 Å². The van der Waals surface area contributed by atoms with Crippen LogP contribution < -0.4 is 5.32 Å². The molecule has 1 aromatic carbocycles. The number of amides is 1. The van der Waals surface area contributed by atoms with Gasteiger partial charge < -0.3 is 15.5 Å². The quantitative estimate of drug-likeness (QED) is 0.660. The van der Waals surface area contributed by atoms with Crippen LogP contribution in [-0.4, -0.2) is 35.4 Å². The van der Waals surface area contributed by atoms with Crippen LogP contribution in [0.5, 0.6) is 0 Å². The second-order valence-corrected chi connectivity index (χ2v) is 3.65. The first-order valence-electron chi connectivity index (χ1n) is 4.89. The molecule has 0 aliphatic heterocycles. The number of nitrogens with one attached hydrogen (secondary N) is 1. The summed E-state index contributed by atoms with van der Waals surface area (Å²) in [6.07, 6.45) is -0.930. The second kappa shape index (κ2) is 6.48. The molecule has 1 amide bonds. The van der Waals surface area contributed by atoms with Crippen molar-refractivity contribution < 1.29 is 15.0 Å². The molecule has 0 fully saturated rings. The Bertz CT molecular complexity index is 357. The third-order valence-corrected chi connectivity index (χ3v) is 2.36. The Labute approximate surface area is 98.9 Å². The minimum Gasteiger partial charge on any atom is -0.394 e. The molecule has 1 unspecified atom stereocenters. The predicted molar refractivity (Wildman–Crippen MR) is 61.4 cm³/mol. The van der Waals surface area contributed by atoms with Gasteiger partial charge in [-0.15, -0.1) is 11.6 Å². The standard InChI is InChI=1S/C11H14ClNO3/c12-5-8-2-1-3-9(4-8)11(16)13-6-10(15)7-14/h1-4,10,14-15H,5-7H2,(H,13,16). The lowest BCUT2D eigenvalue weighted by molar-refractivity contribution is 0.0802. The van der Waals surface area contributed by atoms with E-state index in [1.807, 2.05) is 6.07 Å². The van der Waals surface area contributed by atoms with E-state index in [0.29, 0.717) is 11.4 Å². The molecule has 0 saturated heterocycles. The Morgan fingerprint density at radius 3 is 2.88 bits per heavy atom. The maximum atomic E-state index is 11.6. The van der Waals surface area contributed by atoms with Gasteiger partial charge in [-0.2, -0.15) is 0 Å². The summed E-state index contributed by atoms with van der Waals surface area (Å²) in [5.74, 6) is 0.0554. The van der Waals surface area contributed by atoms with Gasteiger partial charge in [0, 0.05) is 18.0 Å². The number of hydrogen-bond acceptors (Lipinski definition) is 3. The van der Waals surface area contributed by atoms with Crippen molar-refractivity contribution in [2.75, 3.05) is 13.2 Å². The SMILES string of the molecule is O=C(NCC(O)CO)c1cccc(CCl)c1. The first-order chi connectivity index (χ1) is 7.67. The van der Waals surface area contributed by atoms with Crippen molar-refractivity contribution in [2.24, 2.45) is 0 Å². The van der Waals surface area contributed by atoms with Crippen LogP contribution in [0.2, 0.25) is 0 Å². The molecule has 5 heteroatoms. The number of carbonyl (C=O) groups is 1. The molecule has 88 valence electrons. The van der Waals surface area contributed by atoms with Gasteiger partial charge in [-0.05, 0) is 17.7 Å². The maximum absolute atomic E-state index is 11.6. The van der Waals surface area contributed by atoms with Crippen molar-refractivity contribution in [2.45, 2.75) is 12.0 Å². The van der Waals surface area contributed by atoms with Crippen molar-refractivity contribution in [3.63, 3.8) is 0 Å². The van der Waals surface area contributed by atoms with Gasteiger partial charge in [-0.25, -0.2) is 0 Å². The van der Waals surface area contributed by atoms with Gasteiger partial charge in [0.1, 0.15) is 0 Å². The van der Waals surface area contributed by atoms with Crippen molar-refractivity contribution >= 4 is 17.5 Å². The molecule has 1 rings (SSSR count). The van der Waals surface area contributed by atoms with E-state index in [0.717, 1.165) is 5.56 Å². The van der Waals surface area contributed by atoms with Crippen LogP contribution >= 0.6 is 11.6 Å². The molecule has 0 aromatic heterocycles. The van der Waals surface area contributed by atoms with E-state index >= 15 is 0 Å². The third kappa shape index (κ3) is 3.81. The number of carbonyl (C=O) groups excluding carboxylic acids is 1. The summed E-state index contributed by atoms with van der Waals surface area (Å²) in [6.45, 7) is -0.345. The Morgan fingerprint density at radius 1 is 1.50 bits per heavy atom. The van der Waals surface area contributed by atoms with Gasteiger partial charge >= 0.3 is 0 Å². The first-order valence-corrected chi connectivity index (χ1v) is 5.43. The molecular formula is C11H14ClNO3. The molecule has 0 bridgehead atoms. The maximum Gasteiger partial charge on any atom is 0.251 e. The summed E-state index contributed by atoms with van der Waals surface area (Å²) < 4.78 is 0. The molecule has 0 radical (unpaired) electrons. The first kappa shape index (κ1) is 13.0. The van der Waals surface area contributed by atoms with Gasteiger partial charge in [0.05, 0.1) is 12.7 Å². The molecule has 0 aliphatic carbocycles. The number of aliphatic hydroxyl groups excluding tert-OH is 2. The van der Waals surface area contributed by atoms with E-state index in [-0.39, 0.29) is 19.1 Å². The zero-order chi connectivity index (χ0) is 12.0. The summed E-state index contributed by atoms with van der Waals surface area (Å²) in [5.41, 5.74) is 1.35. The van der Waals surface area contributed by atoms with E-state index in [4.69, 9.17) is 21.8 Å². The summed E-state index contributed by atoms with van der Waals surface area (Å²) >= 11 is 5.65. The van der Waals surface area contributed by atoms with E-state index in [9.17, 15) is 4.79 Å². The van der Waals surface area contributed by atoms with Gasteiger partial charge in [0.2, 0.25) is 0 Å². The molecule has 1 atom stereocenters. The van der Waals surface area contributed by atoms with E-state index in [1.54, 1.807) is 18.2 Å². The van der Waals surface area contributed by atoms with Crippen LogP contribution in [0, 0.1) is 0 Å². The number of hydrogen-bond donors (Lipinski definition) is 3. The van der Waals surface area contributed by atoms with Crippen LogP contribution in [0.3, 0.4) is 0 Å². The highest BCUT2D eigenvalue weighted by Crippen LogP contribution is 2.07. The predicted octanol–water partition coefficient (Wildman–Crippen LogP) is 0.508. The van der Waals surface area contributed by atoms with Gasteiger partial charge in [-0.3, -0.25) is 4.79 Å². The summed E-state index contributed by atoms with van der Waals surface area (Å²) in [7, 11) is 0. The number of halogens is 1. The largest absolute Gasteiger partial charge is 0.394 e. The molecule has 0 spiro atoms. The lowest BCUT2D eigenvalue weighted by Crippen LogP contribution is -2.33. The molecule has 0 heterocycles. The summed E-state index contributed by atoms with van der Waals surface area (Å²) in [6, 6.07) is 6.92. The average Bonchev–Trinajstić information content (AvgIpc) is 2.35. The molecule has 4 nitrogen and oxygen atoms in total. The number of benzene rings is 1. The van der Waals surface area contributed by atoms with Crippen molar-refractivity contribution in [3.05, 3.63) is 35.4 Å². The number of rotatable bonds is 5. The van der Waals surface area contributed by atoms with E-state index < -0.39 is 6.10 Å². The highest BCUT2D eigenvalue weighted by Gasteiger charge is 2.08. The Balaban J connectivity index is 2.58. The molecule has 0 aliphatic rings. The lowest BCUT2D eigenvalue weighted by atomic mass is 10.1. The van der Waals surface area contributed by atoms with Crippen LogP contribution in [0.25, 0.3) is 0 Å². The summed E-state index contributed by atoms with van der Waals surface area (Å²) in [4.78, 5) is 11.6. The molecular weight excluding hydrogens is 230 g/mol. The molecule has 0 saturated carbocycles. The highest BCUT2D eigenvalue weighted by molar-refractivity contribution is 6.17. The van der Waals surface area contributed by atoms with Gasteiger partial charge in [-0.1, -0.05) is 12.1 Å². The van der Waals surface area contributed by atoms with E-state index in [1.165, 1.54) is 0 Å². The monoisotopic (exact) mass is 243 g/mol. The normalized spacial score (nSPS) is 12.2. The molecule has 3 N–H and O–H groups in total. The zero-order valence-electron chi connectivity index (χ0n) is 8.69. The third-order valence-electron chi connectivity index (χ3n) is 2.05. The van der Waals surface area contributed by atoms with Crippen molar-refractivity contribution in [3.8, 4) is 0 Å². The van der Waals surface area contributed by atoms with Crippen molar-refractivity contribution in [1.29, 1.82) is 0 Å².